The van der Waals surface area contributed by atoms with Crippen molar-refractivity contribution in [2.45, 2.75) is 43.9 Å². The van der Waals surface area contributed by atoms with Gasteiger partial charge in [0.2, 0.25) is 5.91 Å². The smallest absolute Gasteiger partial charge is 0.236 e. The zero-order chi connectivity index (χ0) is 10.6. The molecule has 1 saturated heterocycles. The van der Waals surface area contributed by atoms with Gasteiger partial charge < -0.3 is 10.4 Å². The summed E-state index contributed by atoms with van der Waals surface area (Å²) in [6, 6.07) is -0.0828. The minimum atomic E-state index is -0.261. The van der Waals surface area contributed by atoms with Gasteiger partial charge in [-0.25, -0.2) is 0 Å². The molecule has 1 fully saturated rings. The normalized spacial score (nSPS) is 28.8. The van der Waals surface area contributed by atoms with E-state index in [0.29, 0.717) is 0 Å². The number of rotatable bonds is 4. The highest BCUT2D eigenvalue weighted by atomic mass is 32.2. The molecule has 82 valence electrons. The predicted octanol–water partition coefficient (Wildman–Crippen LogP) is 1.16. The first-order chi connectivity index (χ1) is 6.62. The van der Waals surface area contributed by atoms with Crippen molar-refractivity contribution in [2.24, 2.45) is 0 Å². The molecule has 2 N–H and O–H groups in total. The maximum Gasteiger partial charge on any atom is 0.236 e. The van der Waals surface area contributed by atoms with Crippen molar-refractivity contribution in [1.82, 2.24) is 5.32 Å². The average molecular weight is 217 g/mol. The monoisotopic (exact) mass is 217 g/mol. The Morgan fingerprint density at radius 2 is 2.43 bits per heavy atom. The van der Waals surface area contributed by atoms with Crippen LogP contribution in [-0.4, -0.2) is 34.2 Å². The van der Waals surface area contributed by atoms with Crippen molar-refractivity contribution in [3.8, 4) is 0 Å². The first-order valence-corrected chi connectivity index (χ1v) is 6.16. The summed E-state index contributed by atoms with van der Waals surface area (Å²) in [6.45, 7) is 3.98. The summed E-state index contributed by atoms with van der Waals surface area (Å²) in [5.41, 5.74) is 0. The number of amides is 1. The zero-order valence-corrected chi connectivity index (χ0v) is 9.69. The molecule has 1 aliphatic heterocycles. The molecule has 0 aromatic carbocycles. The lowest BCUT2D eigenvalue weighted by atomic mass is 10.0. The minimum absolute atomic E-state index is 0.0307. The average Bonchev–Trinajstić information content (AvgIpc) is 2.62. The predicted molar refractivity (Wildman–Crippen MR) is 59.4 cm³/mol. The molecule has 0 aromatic heterocycles. The van der Waals surface area contributed by atoms with E-state index in [4.69, 9.17) is 5.11 Å². The molecule has 1 aliphatic rings. The largest absolute Gasteiger partial charge is 0.394 e. The Hall–Kier alpha value is -0.220. The molecule has 1 unspecified atom stereocenters. The SMILES string of the molecule is CC[C@@H](CO)NC(=O)C1(C)CCCS1. The Bertz CT molecular complexity index is 198. The van der Waals surface area contributed by atoms with Crippen LogP contribution in [0.5, 0.6) is 0 Å². The number of aliphatic hydroxyl groups is 1. The van der Waals surface area contributed by atoms with E-state index in [-0.39, 0.29) is 23.3 Å². The molecule has 3 nitrogen and oxygen atoms in total. The Morgan fingerprint density at radius 1 is 1.71 bits per heavy atom. The maximum absolute atomic E-state index is 11.9. The van der Waals surface area contributed by atoms with Gasteiger partial charge in [0.1, 0.15) is 0 Å². The molecule has 0 aliphatic carbocycles. The van der Waals surface area contributed by atoms with Crippen LogP contribution in [0.15, 0.2) is 0 Å². The second-order valence-corrected chi connectivity index (χ2v) is 5.54. The van der Waals surface area contributed by atoms with Crippen LogP contribution in [0.3, 0.4) is 0 Å². The van der Waals surface area contributed by atoms with Gasteiger partial charge in [0.25, 0.3) is 0 Å². The van der Waals surface area contributed by atoms with Crippen molar-refractivity contribution in [3.05, 3.63) is 0 Å². The quantitative estimate of drug-likeness (QED) is 0.743. The third-order valence-electron chi connectivity index (χ3n) is 2.75. The third kappa shape index (κ3) is 2.64. The van der Waals surface area contributed by atoms with Crippen LogP contribution in [0, 0.1) is 0 Å². The van der Waals surface area contributed by atoms with Crippen LogP contribution >= 0.6 is 11.8 Å². The summed E-state index contributed by atoms with van der Waals surface area (Å²) in [5.74, 6) is 1.15. The van der Waals surface area contributed by atoms with E-state index in [0.717, 1.165) is 25.0 Å². The van der Waals surface area contributed by atoms with E-state index >= 15 is 0 Å². The van der Waals surface area contributed by atoms with E-state index in [2.05, 4.69) is 5.32 Å². The summed E-state index contributed by atoms with van der Waals surface area (Å²) >= 11 is 1.72. The Labute approximate surface area is 89.6 Å². The van der Waals surface area contributed by atoms with Crippen molar-refractivity contribution >= 4 is 17.7 Å². The number of hydrogen-bond acceptors (Lipinski definition) is 3. The molecule has 0 saturated carbocycles. The minimum Gasteiger partial charge on any atom is -0.394 e. The number of hydrogen-bond donors (Lipinski definition) is 2. The second kappa shape index (κ2) is 5.03. The van der Waals surface area contributed by atoms with Gasteiger partial charge >= 0.3 is 0 Å². The van der Waals surface area contributed by atoms with Crippen molar-refractivity contribution in [3.63, 3.8) is 0 Å². The fraction of sp³-hybridized carbons (Fsp3) is 0.900. The number of nitrogens with one attached hydrogen (secondary N) is 1. The van der Waals surface area contributed by atoms with Crippen LogP contribution in [-0.2, 0) is 4.79 Å². The van der Waals surface area contributed by atoms with Crippen LogP contribution in [0.1, 0.15) is 33.1 Å². The number of thioether (sulfide) groups is 1. The van der Waals surface area contributed by atoms with Crippen molar-refractivity contribution < 1.29 is 9.90 Å². The topological polar surface area (TPSA) is 49.3 Å². The summed E-state index contributed by atoms with van der Waals surface area (Å²) < 4.78 is -0.261. The van der Waals surface area contributed by atoms with Gasteiger partial charge in [-0.1, -0.05) is 6.92 Å². The lowest BCUT2D eigenvalue weighted by Gasteiger charge is -2.24. The van der Waals surface area contributed by atoms with Gasteiger partial charge in [0.05, 0.1) is 17.4 Å². The molecule has 0 spiro atoms. The van der Waals surface area contributed by atoms with Gasteiger partial charge in [-0.2, -0.15) is 0 Å². The van der Waals surface area contributed by atoms with Crippen LogP contribution in [0.25, 0.3) is 0 Å². The molecule has 1 amide bonds. The summed E-state index contributed by atoms with van der Waals surface area (Å²) in [5, 5.41) is 11.9. The van der Waals surface area contributed by atoms with Crippen molar-refractivity contribution in [1.29, 1.82) is 0 Å². The Morgan fingerprint density at radius 3 is 2.86 bits per heavy atom. The van der Waals surface area contributed by atoms with Gasteiger partial charge in [-0.3, -0.25) is 4.79 Å². The summed E-state index contributed by atoms with van der Waals surface area (Å²) in [7, 11) is 0. The van der Waals surface area contributed by atoms with Gasteiger partial charge in [0.15, 0.2) is 0 Å². The van der Waals surface area contributed by atoms with E-state index < -0.39 is 0 Å². The van der Waals surface area contributed by atoms with Gasteiger partial charge in [-0.05, 0) is 31.9 Å². The van der Waals surface area contributed by atoms with E-state index in [9.17, 15) is 4.79 Å². The summed E-state index contributed by atoms with van der Waals surface area (Å²) in [6.07, 6.45) is 2.85. The Kier molecular flexibility index (Phi) is 4.26. The highest BCUT2D eigenvalue weighted by Crippen LogP contribution is 2.37. The van der Waals surface area contributed by atoms with Gasteiger partial charge in [0, 0.05) is 0 Å². The number of aliphatic hydroxyl groups excluding tert-OH is 1. The van der Waals surface area contributed by atoms with Crippen LogP contribution in [0.2, 0.25) is 0 Å². The molecular weight excluding hydrogens is 198 g/mol. The standard InChI is InChI=1S/C10H19NO2S/c1-3-8(7-12)11-9(13)10(2)5-4-6-14-10/h8,12H,3-7H2,1-2H3,(H,11,13)/t8-,10?/m0/s1. The lowest BCUT2D eigenvalue weighted by Crippen LogP contribution is -2.46. The first kappa shape index (κ1) is 11.9. The molecule has 2 atom stereocenters. The number of carbonyl (C=O) groups is 1. The molecule has 14 heavy (non-hydrogen) atoms. The molecule has 0 bridgehead atoms. The van der Waals surface area contributed by atoms with E-state index in [1.807, 2.05) is 13.8 Å². The van der Waals surface area contributed by atoms with Gasteiger partial charge in [-0.15, -0.1) is 11.8 Å². The lowest BCUT2D eigenvalue weighted by molar-refractivity contribution is -0.124. The second-order valence-electron chi connectivity index (χ2n) is 3.94. The number of carbonyl (C=O) groups excluding carboxylic acids is 1. The molecule has 0 aromatic rings. The van der Waals surface area contributed by atoms with Crippen LogP contribution in [0.4, 0.5) is 0 Å². The fourth-order valence-electron chi connectivity index (χ4n) is 1.57. The highest BCUT2D eigenvalue weighted by molar-refractivity contribution is 8.01. The first-order valence-electron chi connectivity index (χ1n) is 5.18. The van der Waals surface area contributed by atoms with Crippen LogP contribution < -0.4 is 5.32 Å². The molecular formula is C10H19NO2S. The molecule has 1 rings (SSSR count). The molecule has 0 radical (unpaired) electrons. The van der Waals surface area contributed by atoms with Crippen molar-refractivity contribution in [2.75, 3.05) is 12.4 Å². The fourth-order valence-corrected chi connectivity index (χ4v) is 2.79. The highest BCUT2D eigenvalue weighted by Gasteiger charge is 2.37. The van der Waals surface area contributed by atoms with E-state index in [1.165, 1.54) is 0 Å². The maximum atomic E-state index is 11.9. The molecule has 4 heteroatoms. The third-order valence-corrected chi connectivity index (χ3v) is 4.27. The molecule has 1 heterocycles. The van der Waals surface area contributed by atoms with E-state index in [1.54, 1.807) is 11.8 Å². The Balaban J connectivity index is 2.48. The zero-order valence-electron chi connectivity index (χ0n) is 8.88. The summed E-state index contributed by atoms with van der Waals surface area (Å²) in [4.78, 5) is 11.9.